The fraction of sp³-hybridized carbons (Fsp3) is 0.333. The van der Waals surface area contributed by atoms with Crippen molar-refractivity contribution in [3.63, 3.8) is 0 Å². The van der Waals surface area contributed by atoms with Gasteiger partial charge in [0.25, 0.3) is 11.5 Å². The van der Waals surface area contributed by atoms with E-state index in [1.54, 1.807) is 39.1 Å². The van der Waals surface area contributed by atoms with Crippen molar-refractivity contribution in [1.29, 1.82) is 0 Å². The number of H-pyrrole nitrogens is 1. The van der Waals surface area contributed by atoms with E-state index in [0.29, 0.717) is 41.6 Å². The number of aromatic amines is 1. The molecule has 1 aromatic carbocycles. The van der Waals surface area contributed by atoms with Crippen LogP contribution in [0.4, 0.5) is 16.2 Å². The van der Waals surface area contributed by atoms with Gasteiger partial charge in [0.1, 0.15) is 11.6 Å². The molecule has 142 valence electrons. The number of likely N-dealkylation sites (N-methyl/N-ethyl adjacent to an activating group) is 1. The van der Waals surface area contributed by atoms with E-state index >= 15 is 0 Å². The Morgan fingerprint density at radius 3 is 2.85 bits per heavy atom. The van der Waals surface area contributed by atoms with Crippen LogP contribution < -0.4 is 25.8 Å². The first-order valence-corrected chi connectivity index (χ1v) is 8.53. The minimum atomic E-state index is -0.573. The SMILES string of the molecule is Cc1nc(CCNC(=O)Nc2ccc3c(c2)O[C@H](C)C(=O)N3C)cc(=O)[nH]1. The van der Waals surface area contributed by atoms with Crippen LogP contribution in [0.25, 0.3) is 0 Å². The van der Waals surface area contributed by atoms with Crippen LogP contribution in [0.3, 0.4) is 0 Å². The summed E-state index contributed by atoms with van der Waals surface area (Å²) in [7, 11) is 1.68. The Balaban J connectivity index is 1.57. The number of carbonyl (C=O) groups excluding carboxylic acids is 2. The molecule has 3 rings (SSSR count). The lowest BCUT2D eigenvalue weighted by Gasteiger charge is -2.30. The fourth-order valence-electron chi connectivity index (χ4n) is 2.84. The first kappa shape index (κ1) is 18.4. The van der Waals surface area contributed by atoms with Crippen LogP contribution in [0, 0.1) is 6.92 Å². The van der Waals surface area contributed by atoms with Gasteiger partial charge in [-0.15, -0.1) is 0 Å². The number of ether oxygens (including phenoxy) is 1. The van der Waals surface area contributed by atoms with Crippen molar-refractivity contribution in [2.45, 2.75) is 26.4 Å². The van der Waals surface area contributed by atoms with Gasteiger partial charge < -0.3 is 25.3 Å². The van der Waals surface area contributed by atoms with Gasteiger partial charge in [-0.25, -0.2) is 9.78 Å². The number of nitrogens with one attached hydrogen (secondary N) is 3. The summed E-state index contributed by atoms with van der Waals surface area (Å²) in [6, 6.07) is 6.12. The van der Waals surface area contributed by atoms with Crippen molar-refractivity contribution in [2.24, 2.45) is 0 Å². The largest absolute Gasteiger partial charge is 0.479 e. The molecule has 3 N–H and O–H groups in total. The average molecular weight is 371 g/mol. The van der Waals surface area contributed by atoms with E-state index < -0.39 is 6.10 Å². The number of fused-ring (bicyclic) bond motifs is 1. The summed E-state index contributed by atoms with van der Waals surface area (Å²) in [5.41, 5.74) is 1.60. The van der Waals surface area contributed by atoms with E-state index in [2.05, 4.69) is 20.6 Å². The van der Waals surface area contributed by atoms with Gasteiger partial charge in [-0.1, -0.05) is 0 Å². The highest BCUT2D eigenvalue weighted by Gasteiger charge is 2.28. The zero-order valence-electron chi connectivity index (χ0n) is 15.3. The third-order valence-corrected chi connectivity index (χ3v) is 4.14. The number of carbonyl (C=O) groups is 2. The predicted octanol–water partition coefficient (Wildman–Crippen LogP) is 1.19. The molecule has 2 heterocycles. The van der Waals surface area contributed by atoms with Crippen molar-refractivity contribution in [1.82, 2.24) is 15.3 Å². The Bertz CT molecular complexity index is 940. The third kappa shape index (κ3) is 4.25. The van der Waals surface area contributed by atoms with Gasteiger partial charge in [-0.2, -0.15) is 0 Å². The number of hydrogen-bond donors (Lipinski definition) is 3. The summed E-state index contributed by atoms with van der Waals surface area (Å²) in [4.78, 5) is 43.7. The molecule has 2 aromatic rings. The standard InChI is InChI=1S/C18H21N5O4/c1-10-17(25)23(3)14-5-4-12(8-15(14)27-10)22-18(26)19-7-6-13-9-16(24)21-11(2)20-13/h4-5,8-10H,6-7H2,1-3H3,(H2,19,22,26)(H,20,21,24)/t10-/m1/s1. The minimum Gasteiger partial charge on any atom is -0.479 e. The molecule has 0 radical (unpaired) electrons. The minimum absolute atomic E-state index is 0.121. The number of hydrogen-bond acceptors (Lipinski definition) is 5. The van der Waals surface area contributed by atoms with Crippen molar-refractivity contribution in [3.05, 3.63) is 46.1 Å². The van der Waals surface area contributed by atoms with Crippen LogP contribution in [0.15, 0.2) is 29.1 Å². The molecular weight excluding hydrogens is 350 g/mol. The number of amides is 3. The first-order chi connectivity index (χ1) is 12.8. The average Bonchev–Trinajstić information content (AvgIpc) is 2.59. The zero-order valence-corrected chi connectivity index (χ0v) is 15.3. The summed E-state index contributed by atoms with van der Waals surface area (Å²) in [6.07, 6.45) is -0.132. The number of aryl methyl sites for hydroxylation is 1. The zero-order chi connectivity index (χ0) is 19.6. The molecule has 0 fully saturated rings. The molecule has 0 saturated carbocycles. The molecule has 1 atom stereocenters. The number of anilines is 2. The second-order valence-electron chi connectivity index (χ2n) is 6.29. The van der Waals surface area contributed by atoms with Crippen LogP contribution >= 0.6 is 0 Å². The highest BCUT2D eigenvalue weighted by molar-refractivity contribution is 6.00. The number of rotatable bonds is 4. The molecule has 1 aliphatic heterocycles. The number of benzene rings is 1. The highest BCUT2D eigenvalue weighted by Crippen LogP contribution is 2.35. The lowest BCUT2D eigenvalue weighted by atomic mass is 10.2. The van der Waals surface area contributed by atoms with Gasteiger partial charge >= 0.3 is 6.03 Å². The van der Waals surface area contributed by atoms with E-state index in [-0.39, 0.29) is 17.5 Å². The molecule has 0 aliphatic carbocycles. The quantitative estimate of drug-likeness (QED) is 0.746. The van der Waals surface area contributed by atoms with E-state index in [1.165, 1.54) is 11.0 Å². The van der Waals surface area contributed by atoms with Gasteiger partial charge in [0.15, 0.2) is 6.10 Å². The molecule has 27 heavy (non-hydrogen) atoms. The Hall–Kier alpha value is -3.36. The number of urea groups is 1. The molecule has 0 spiro atoms. The van der Waals surface area contributed by atoms with Crippen molar-refractivity contribution in [2.75, 3.05) is 23.8 Å². The molecule has 9 heteroatoms. The summed E-state index contributed by atoms with van der Waals surface area (Å²) in [5, 5.41) is 5.44. The lowest BCUT2D eigenvalue weighted by Crippen LogP contribution is -2.42. The Morgan fingerprint density at radius 1 is 1.33 bits per heavy atom. The molecule has 0 bridgehead atoms. The number of aromatic nitrogens is 2. The molecule has 1 aromatic heterocycles. The van der Waals surface area contributed by atoms with Crippen LogP contribution in [0.2, 0.25) is 0 Å². The Morgan fingerprint density at radius 2 is 2.11 bits per heavy atom. The summed E-state index contributed by atoms with van der Waals surface area (Å²) < 4.78 is 5.59. The Labute approximate surface area is 155 Å². The van der Waals surface area contributed by atoms with Crippen molar-refractivity contribution >= 4 is 23.3 Å². The normalized spacial score (nSPS) is 15.7. The predicted molar refractivity (Wildman–Crippen MR) is 100 cm³/mol. The maximum absolute atomic E-state index is 12.1. The van der Waals surface area contributed by atoms with Gasteiger partial charge in [-0.3, -0.25) is 9.59 Å². The summed E-state index contributed by atoms with van der Waals surface area (Å²) in [5.74, 6) is 0.948. The number of nitrogens with zero attached hydrogens (tertiary/aromatic N) is 2. The molecule has 9 nitrogen and oxygen atoms in total. The fourth-order valence-corrected chi connectivity index (χ4v) is 2.84. The maximum atomic E-state index is 12.1. The van der Waals surface area contributed by atoms with Gasteiger partial charge in [0.05, 0.1) is 5.69 Å². The van der Waals surface area contributed by atoms with Gasteiger partial charge in [-0.05, 0) is 26.0 Å². The second-order valence-corrected chi connectivity index (χ2v) is 6.29. The topological polar surface area (TPSA) is 116 Å². The summed E-state index contributed by atoms with van der Waals surface area (Å²) in [6.45, 7) is 3.71. The van der Waals surface area contributed by atoms with E-state index in [1.807, 2.05) is 0 Å². The third-order valence-electron chi connectivity index (χ3n) is 4.14. The van der Waals surface area contributed by atoms with Crippen LogP contribution in [-0.2, 0) is 11.2 Å². The smallest absolute Gasteiger partial charge is 0.319 e. The monoisotopic (exact) mass is 371 g/mol. The summed E-state index contributed by atoms with van der Waals surface area (Å²) >= 11 is 0. The second kappa shape index (κ2) is 7.48. The van der Waals surface area contributed by atoms with E-state index in [0.717, 1.165) is 0 Å². The van der Waals surface area contributed by atoms with Crippen LogP contribution in [0.1, 0.15) is 18.4 Å². The lowest BCUT2D eigenvalue weighted by molar-refractivity contribution is -0.125. The molecule has 1 aliphatic rings. The molecule has 3 amide bonds. The van der Waals surface area contributed by atoms with Crippen molar-refractivity contribution in [3.8, 4) is 5.75 Å². The van der Waals surface area contributed by atoms with Gasteiger partial charge in [0.2, 0.25) is 0 Å². The highest BCUT2D eigenvalue weighted by atomic mass is 16.5. The van der Waals surface area contributed by atoms with E-state index in [4.69, 9.17) is 4.74 Å². The molecular formula is C18H21N5O4. The molecule has 0 unspecified atom stereocenters. The van der Waals surface area contributed by atoms with Crippen molar-refractivity contribution < 1.29 is 14.3 Å². The Kier molecular flexibility index (Phi) is 5.11. The van der Waals surface area contributed by atoms with Crippen LogP contribution in [-0.4, -0.2) is 41.6 Å². The molecule has 0 saturated heterocycles. The van der Waals surface area contributed by atoms with Crippen LogP contribution in [0.5, 0.6) is 5.75 Å². The van der Waals surface area contributed by atoms with Gasteiger partial charge in [0, 0.05) is 43.5 Å². The maximum Gasteiger partial charge on any atom is 0.319 e. The van der Waals surface area contributed by atoms with E-state index in [9.17, 15) is 14.4 Å². The first-order valence-electron chi connectivity index (χ1n) is 8.53.